The molecule has 5 heteroatoms. The van der Waals surface area contributed by atoms with Gasteiger partial charge in [0.05, 0.1) is 18.4 Å². The topological polar surface area (TPSA) is 61.3 Å². The minimum atomic E-state index is 0.513. The van der Waals surface area contributed by atoms with Gasteiger partial charge in [-0.15, -0.1) is 0 Å². The number of nitrogen functional groups attached to an aromatic ring is 1. The standard InChI is InChI=1S/C14H11BrN2O2/c1-18-8-5-6-10(15)9(7-8)14-17-13-11(16)3-2-4-12(13)19-14/h2-7H,16H2,1H3. The lowest BCUT2D eigenvalue weighted by molar-refractivity contribution is 0.414. The molecule has 2 aromatic carbocycles. The first-order valence-corrected chi connectivity index (χ1v) is 6.47. The minimum Gasteiger partial charge on any atom is -0.497 e. The molecule has 0 fully saturated rings. The van der Waals surface area contributed by atoms with Crippen LogP contribution in [0.1, 0.15) is 0 Å². The number of halogens is 1. The van der Waals surface area contributed by atoms with E-state index in [0.717, 1.165) is 15.8 Å². The van der Waals surface area contributed by atoms with Crippen LogP contribution in [0.25, 0.3) is 22.6 Å². The molecule has 0 aliphatic heterocycles. The van der Waals surface area contributed by atoms with Crippen molar-refractivity contribution in [3.63, 3.8) is 0 Å². The van der Waals surface area contributed by atoms with Crippen LogP contribution in [0.5, 0.6) is 5.75 Å². The van der Waals surface area contributed by atoms with Gasteiger partial charge in [-0.1, -0.05) is 6.07 Å². The summed E-state index contributed by atoms with van der Waals surface area (Å²) in [5, 5.41) is 0. The largest absolute Gasteiger partial charge is 0.497 e. The number of nitrogens with zero attached hydrogens (tertiary/aromatic N) is 1. The van der Waals surface area contributed by atoms with Crippen LogP contribution in [0.4, 0.5) is 5.69 Å². The van der Waals surface area contributed by atoms with Gasteiger partial charge in [0, 0.05) is 4.47 Å². The van der Waals surface area contributed by atoms with E-state index in [4.69, 9.17) is 14.9 Å². The number of ether oxygens (including phenoxy) is 1. The number of fused-ring (bicyclic) bond motifs is 1. The van der Waals surface area contributed by atoms with Gasteiger partial charge in [0.25, 0.3) is 0 Å². The van der Waals surface area contributed by atoms with Crippen molar-refractivity contribution in [3.8, 4) is 17.2 Å². The quantitative estimate of drug-likeness (QED) is 0.729. The number of benzene rings is 2. The van der Waals surface area contributed by atoms with Crippen LogP contribution in [-0.4, -0.2) is 12.1 Å². The van der Waals surface area contributed by atoms with Gasteiger partial charge in [-0.3, -0.25) is 0 Å². The molecule has 0 aliphatic carbocycles. The van der Waals surface area contributed by atoms with E-state index in [1.165, 1.54) is 0 Å². The Morgan fingerprint density at radius 3 is 2.84 bits per heavy atom. The first-order chi connectivity index (χ1) is 9.19. The van der Waals surface area contributed by atoms with Crippen LogP contribution in [0.15, 0.2) is 45.3 Å². The molecule has 0 unspecified atom stereocenters. The molecule has 0 aliphatic rings. The smallest absolute Gasteiger partial charge is 0.228 e. The molecule has 0 amide bonds. The molecule has 3 aromatic rings. The fourth-order valence-electron chi connectivity index (χ4n) is 1.88. The summed E-state index contributed by atoms with van der Waals surface area (Å²) in [5.74, 6) is 1.26. The van der Waals surface area contributed by atoms with E-state index in [1.807, 2.05) is 30.3 Å². The van der Waals surface area contributed by atoms with Gasteiger partial charge >= 0.3 is 0 Å². The average Bonchev–Trinajstić information content (AvgIpc) is 2.84. The molecule has 2 N–H and O–H groups in total. The molecule has 96 valence electrons. The second kappa shape index (κ2) is 4.59. The van der Waals surface area contributed by atoms with E-state index >= 15 is 0 Å². The van der Waals surface area contributed by atoms with Crippen LogP contribution in [0.2, 0.25) is 0 Å². The van der Waals surface area contributed by atoms with Crippen LogP contribution in [-0.2, 0) is 0 Å². The summed E-state index contributed by atoms with van der Waals surface area (Å²) in [5.41, 5.74) is 8.66. The Kier molecular flexibility index (Phi) is 2.91. The molecule has 3 rings (SSSR count). The number of oxazole rings is 1. The lowest BCUT2D eigenvalue weighted by Crippen LogP contribution is -1.87. The first kappa shape index (κ1) is 12.0. The van der Waals surface area contributed by atoms with Gasteiger partial charge in [0.2, 0.25) is 5.89 Å². The summed E-state index contributed by atoms with van der Waals surface area (Å²) >= 11 is 3.49. The number of methoxy groups -OCH3 is 1. The Morgan fingerprint density at radius 1 is 1.26 bits per heavy atom. The second-order valence-electron chi connectivity index (χ2n) is 4.06. The normalized spacial score (nSPS) is 10.8. The van der Waals surface area contributed by atoms with Crippen molar-refractivity contribution in [2.45, 2.75) is 0 Å². The van der Waals surface area contributed by atoms with Crippen LogP contribution in [0.3, 0.4) is 0 Å². The second-order valence-corrected chi connectivity index (χ2v) is 4.91. The van der Waals surface area contributed by atoms with Crippen molar-refractivity contribution < 1.29 is 9.15 Å². The molecule has 0 atom stereocenters. The predicted molar refractivity (Wildman–Crippen MR) is 78.1 cm³/mol. The Balaban J connectivity index is 2.21. The third-order valence-electron chi connectivity index (χ3n) is 2.85. The fourth-order valence-corrected chi connectivity index (χ4v) is 2.30. The maximum absolute atomic E-state index is 5.88. The number of hydrogen-bond donors (Lipinski definition) is 1. The SMILES string of the molecule is COc1ccc(Br)c(-c2nc3c(N)cccc3o2)c1. The molecule has 1 heterocycles. The third-order valence-corrected chi connectivity index (χ3v) is 3.55. The lowest BCUT2D eigenvalue weighted by Gasteiger charge is -2.03. The highest BCUT2D eigenvalue weighted by Gasteiger charge is 2.13. The molecule has 0 bridgehead atoms. The lowest BCUT2D eigenvalue weighted by atomic mass is 10.2. The van der Waals surface area contributed by atoms with Gasteiger partial charge < -0.3 is 14.9 Å². The maximum atomic E-state index is 5.88. The highest BCUT2D eigenvalue weighted by molar-refractivity contribution is 9.10. The number of hydrogen-bond acceptors (Lipinski definition) is 4. The highest BCUT2D eigenvalue weighted by Crippen LogP contribution is 2.34. The number of rotatable bonds is 2. The Morgan fingerprint density at radius 2 is 2.11 bits per heavy atom. The maximum Gasteiger partial charge on any atom is 0.228 e. The van der Waals surface area contributed by atoms with Crippen molar-refractivity contribution in [1.82, 2.24) is 4.98 Å². The van der Waals surface area contributed by atoms with Crippen molar-refractivity contribution in [1.29, 1.82) is 0 Å². The van der Waals surface area contributed by atoms with Crippen molar-refractivity contribution in [2.75, 3.05) is 12.8 Å². The molecule has 19 heavy (non-hydrogen) atoms. The van der Waals surface area contributed by atoms with Gasteiger partial charge in [-0.05, 0) is 46.3 Å². The summed E-state index contributed by atoms with van der Waals surface area (Å²) in [6, 6.07) is 11.1. The first-order valence-electron chi connectivity index (χ1n) is 5.68. The molecule has 0 spiro atoms. The zero-order chi connectivity index (χ0) is 13.4. The Hall–Kier alpha value is -2.01. The molecule has 1 aromatic heterocycles. The summed E-state index contributed by atoms with van der Waals surface area (Å²) < 4.78 is 11.8. The molecule has 4 nitrogen and oxygen atoms in total. The number of nitrogens with two attached hydrogens (primary N) is 1. The van der Waals surface area contributed by atoms with Gasteiger partial charge in [0.1, 0.15) is 11.3 Å². The summed E-state index contributed by atoms with van der Waals surface area (Å²) in [6.07, 6.45) is 0. The summed E-state index contributed by atoms with van der Waals surface area (Å²) in [6.45, 7) is 0. The Bertz CT molecular complexity index is 752. The molecule has 0 saturated heterocycles. The molecule has 0 saturated carbocycles. The third kappa shape index (κ3) is 2.06. The fraction of sp³-hybridized carbons (Fsp3) is 0.0714. The van der Waals surface area contributed by atoms with E-state index in [-0.39, 0.29) is 0 Å². The molecule has 0 radical (unpaired) electrons. The Labute approximate surface area is 118 Å². The van der Waals surface area contributed by atoms with Crippen molar-refractivity contribution >= 4 is 32.7 Å². The van der Waals surface area contributed by atoms with Crippen molar-refractivity contribution in [2.24, 2.45) is 0 Å². The van der Waals surface area contributed by atoms with E-state index in [0.29, 0.717) is 22.7 Å². The van der Waals surface area contributed by atoms with Gasteiger partial charge in [-0.25, -0.2) is 4.98 Å². The van der Waals surface area contributed by atoms with E-state index in [2.05, 4.69) is 20.9 Å². The average molecular weight is 319 g/mol. The summed E-state index contributed by atoms with van der Waals surface area (Å²) in [7, 11) is 1.62. The van der Waals surface area contributed by atoms with Crippen LogP contribution in [0, 0.1) is 0 Å². The van der Waals surface area contributed by atoms with E-state index in [9.17, 15) is 0 Å². The number of para-hydroxylation sites is 1. The number of anilines is 1. The van der Waals surface area contributed by atoms with Gasteiger partial charge in [-0.2, -0.15) is 0 Å². The highest BCUT2D eigenvalue weighted by atomic mass is 79.9. The predicted octanol–water partition coefficient (Wildman–Crippen LogP) is 3.85. The minimum absolute atomic E-state index is 0.513. The molecular weight excluding hydrogens is 308 g/mol. The molecular formula is C14H11BrN2O2. The summed E-state index contributed by atoms with van der Waals surface area (Å²) in [4.78, 5) is 4.44. The number of aromatic nitrogens is 1. The van der Waals surface area contributed by atoms with Crippen LogP contribution < -0.4 is 10.5 Å². The van der Waals surface area contributed by atoms with Crippen molar-refractivity contribution in [3.05, 3.63) is 40.9 Å². The van der Waals surface area contributed by atoms with Gasteiger partial charge in [0.15, 0.2) is 5.58 Å². The zero-order valence-corrected chi connectivity index (χ0v) is 11.8. The van der Waals surface area contributed by atoms with E-state index < -0.39 is 0 Å². The van der Waals surface area contributed by atoms with Crippen LogP contribution >= 0.6 is 15.9 Å². The van der Waals surface area contributed by atoms with E-state index in [1.54, 1.807) is 13.2 Å². The zero-order valence-electron chi connectivity index (χ0n) is 10.2. The monoisotopic (exact) mass is 318 g/mol.